The second-order valence-electron chi connectivity index (χ2n) is 7.37. The average Bonchev–Trinajstić information content (AvgIpc) is 2.79. The SMILES string of the molecule is COC(=O)c1ccc(CNC(=O)CN2CCN(Cc3ccc(OC)cc3)CC2)cc1. The molecule has 30 heavy (non-hydrogen) atoms. The van der Waals surface area contributed by atoms with E-state index < -0.39 is 0 Å². The van der Waals surface area contributed by atoms with Crippen molar-refractivity contribution in [2.24, 2.45) is 0 Å². The standard InChI is InChI=1S/C23H29N3O4/c1-29-21-9-5-19(6-10-21)16-25-11-13-26(14-12-25)17-22(27)24-15-18-3-7-20(8-4-18)23(28)30-2/h3-10H,11-17H2,1-2H3,(H,24,27). The van der Waals surface area contributed by atoms with Crippen molar-refractivity contribution in [3.05, 3.63) is 65.2 Å². The molecule has 0 atom stereocenters. The first-order valence-corrected chi connectivity index (χ1v) is 10.1. The van der Waals surface area contributed by atoms with E-state index in [9.17, 15) is 9.59 Å². The van der Waals surface area contributed by atoms with E-state index in [-0.39, 0.29) is 11.9 Å². The van der Waals surface area contributed by atoms with E-state index in [1.807, 2.05) is 24.3 Å². The van der Waals surface area contributed by atoms with Crippen LogP contribution in [0.5, 0.6) is 5.75 Å². The number of hydrogen-bond acceptors (Lipinski definition) is 6. The minimum Gasteiger partial charge on any atom is -0.497 e. The fraction of sp³-hybridized carbons (Fsp3) is 0.391. The molecule has 0 unspecified atom stereocenters. The lowest BCUT2D eigenvalue weighted by Crippen LogP contribution is -2.49. The largest absolute Gasteiger partial charge is 0.497 e. The molecule has 7 nitrogen and oxygen atoms in total. The van der Waals surface area contributed by atoms with E-state index in [2.05, 4.69) is 32.0 Å². The van der Waals surface area contributed by atoms with E-state index in [4.69, 9.17) is 4.74 Å². The first kappa shape index (κ1) is 21.8. The molecule has 1 saturated heterocycles. The average molecular weight is 412 g/mol. The molecule has 1 fully saturated rings. The maximum absolute atomic E-state index is 12.3. The number of carbonyl (C=O) groups is 2. The summed E-state index contributed by atoms with van der Waals surface area (Å²) in [6.07, 6.45) is 0. The number of benzene rings is 2. The van der Waals surface area contributed by atoms with E-state index in [0.717, 1.165) is 44.0 Å². The quantitative estimate of drug-likeness (QED) is 0.670. The Morgan fingerprint density at radius 1 is 0.867 bits per heavy atom. The first-order chi connectivity index (χ1) is 14.6. The summed E-state index contributed by atoms with van der Waals surface area (Å²) in [5, 5.41) is 2.95. The number of rotatable bonds is 8. The molecule has 0 saturated carbocycles. The van der Waals surface area contributed by atoms with Crippen LogP contribution in [0.4, 0.5) is 0 Å². The monoisotopic (exact) mass is 411 g/mol. The van der Waals surface area contributed by atoms with Crippen molar-refractivity contribution < 1.29 is 19.1 Å². The highest BCUT2D eigenvalue weighted by Crippen LogP contribution is 2.14. The van der Waals surface area contributed by atoms with Gasteiger partial charge < -0.3 is 14.8 Å². The van der Waals surface area contributed by atoms with Crippen molar-refractivity contribution in [1.29, 1.82) is 0 Å². The molecule has 0 aliphatic carbocycles. The van der Waals surface area contributed by atoms with Gasteiger partial charge in [-0.05, 0) is 35.4 Å². The van der Waals surface area contributed by atoms with Gasteiger partial charge in [-0.1, -0.05) is 24.3 Å². The van der Waals surface area contributed by atoms with Crippen molar-refractivity contribution in [3.8, 4) is 5.75 Å². The molecule has 0 bridgehead atoms. The maximum Gasteiger partial charge on any atom is 0.337 e. The van der Waals surface area contributed by atoms with Crippen LogP contribution in [0, 0.1) is 0 Å². The predicted molar refractivity (Wildman–Crippen MR) is 114 cm³/mol. The summed E-state index contributed by atoms with van der Waals surface area (Å²) in [6.45, 7) is 5.37. The van der Waals surface area contributed by atoms with Gasteiger partial charge in [0.15, 0.2) is 0 Å². The fourth-order valence-electron chi connectivity index (χ4n) is 3.43. The minimum atomic E-state index is -0.364. The van der Waals surface area contributed by atoms with Gasteiger partial charge in [0.2, 0.25) is 5.91 Å². The van der Waals surface area contributed by atoms with Crippen LogP contribution in [-0.2, 0) is 22.6 Å². The molecular formula is C23H29N3O4. The van der Waals surface area contributed by atoms with E-state index in [1.54, 1.807) is 19.2 Å². The Morgan fingerprint density at radius 3 is 2.07 bits per heavy atom. The number of ether oxygens (including phenoxy) is 2. The number of amides is 1. The lowest BCUT2D eigenvalue weighted by atomic mass is 10.1. The molecular weight excluding hydrogens is 382 g/mol. The van der Waals surface area contributed by atoms with Crippen LogP contribution in [-0.4, -0.2) is 68.6 Å². The number of hydrogen-bond donors (Lipinski definition) is 1. The summed E-state index contributed by atoms with van der Waals surface area (Å²) in [5.41, 5.74) is 2.71. The first-order valence-electron chi connectivity index (χ1n) is 10.1. The van der Waals surface area contributed by atoms with Crippen LogP contribution in [0.25, 0.3) is 0 Å². The zero-order valence-electron chi connectivity index (χ0n) is 17.6. The Hall–Kier alpha value is -2.90. The van der Waals surface area contributed by atoms with Crippen molar-refractivity contribution in [2.45, 2.75) is 13.1 Å². The van der Waals surface area contributed by atoms with Gasteiger partial charge in [-0.3, -0.25) is 14.6 Å². The zero-order valence-corrected chi connectivity index (χ0v) is 17.6. The number of nitrogens with zero attached hydrogens (tertiary/aromatic N) is 2. The molecule has 1 aliphatic rings. The minimum absolute atomic E-state index is 0.00986. The van der Waals surface area contributed by atoms with Crippen LogP contribution in [0.15, 0.2) is 48.5 Å². The topological polar surface area (TPSA) is 71.1 Å². The molecule has 0 spiro atoms. The van der Waals surface area contributed by atoms with Gasteiger partial charge in [0.05, 0.1) is 26.3 Å². The maximum atomic E-state index is 12.3. The van der Waals surface area contributed by atoms with Gasteiger partial charge in [0, 0.05) is 39.3 Å². The normalized spacial score (nSPS) is 14.9. The lowest BCUT2D eigenvalue weighted by molar-refractivity contribution is -0.122. The number of piperazine rings is 1. The van der Waals surface area contributed by atoms with Crippen molar-refractivity contribution in [2.75, 3.05) is 46.9 Å². The Labute approximate surface area is 177 Å². The summed E-state index contributed by atoms with van der Waals surface area (Å²) in [5.74, 6) is 0.515. The number of nitrogens with one attached hydrogen (secondary N) is 1. The van der Waals surface area contributed by atoms with Gasteiger partial charge >= 0.3 is 5.97 Å². The summed E-state index contributed by atoms with van der Waals surface area (Å²) in [7, 11) is 3.03. The van der Waals surface area contributed by atoms with Crippen LogP contribution in [0.2, 0.25) is 0 Å². The highest BCUT2D eigenvalue weighted by molar-refractivity contribution is 5.89. The van der Waals surface area contributed by atoms with Crippen LogP contribution < -0.4 is 10.1 Å². The second kappa shape index (κ2) is 10.8. The number of esters is 1. The third kappa shape index (κ3) is 6.30. The molecule has 3 rings (SSSR count). The molecule has 2 aromatic carbocycles. The third-order valence-corrected chi connectivity index (χ3v) is 5.26. The third-order valence-electron chi connectivity index (χ3n) is 5.26. The highest BCUT2D eigenvalue weighted by Gasteiger charge is 2.19. The van der Waals surface area contributed by atoms with E-state index >= 15 is 0 Å². The number of carbonyl (C=O) groups excluding carboxylic acids is 2. The van der Waals surface area contributed by atoms with Crippen molar-refractivity contribution in [1.82, 2.24) is 15.1 Å². The molecule has 2 aromatic rings. The van der Waals surface area contributed by atoms with Crippen molar-refractivity contribution in [3.63, 3.8) is 0 Å². The molecule has 160 valence electrons. The summed E-state index contributed by atoms with van der Waals surface area (Å²) >= 11 is 0. The van der Waals surface area contributed by atoms with Gasteiger partial charge in [0.25, 0.3) is 0 Å². The van der Waals surface area contributed by atoms with E-state index in [0.29, 0.717) is 18.7 Å². The molecule has 1 heterocycles. The molecule has 0 radical (unpaired) electrons. The van der Waals surface area contributed by atoms with Gasteiger partial charge in [-0.2, -0.15) is 0 Å². The summed E-state index contributed by atoms with van der Waals surface area (Å²) in [6, 6.07) is 15.2. The second-order valence-corrected chi connectivity index (χ2v) is 7.37. The van der Waals surface area contributed by atoms with E-state index in [1.165, 1.54) is 12.7 Å². The Balaban J connectivity index is 1.37. The molecule has 1 aliphatic heterocycles. The smallest absolute Gasteiger partial charge is 0.337 e. The van der Waals surface area contributed by atoms with Gasteiger partial charge in [-0.15, -0.1) is 0 Å². The molecule has 0 aromatic heterocycles. The molecule has 1 amide bonds. The molecule has 1 N–H and O–H groups in total. The van der Waals surface area contributed by atoms with Gasteiger partial charge in [-0.25, -0.2) is 4.79 Å². The fourth-order valence-corrected chi connectivity index (χ4v) is 3.43. The highest BCUT2D eigenvalue weighted by atomic mass is 16.5. The Kier molecular flexibility index (Phi) is 7.82. The Morgan fingerprint density at radius 2 is 1.47 bits per heavy atom. The Bertz CT molecular complexity index is 829. The van der Waals surface area contributed by atoms with Crippen LogP contribution in [0.3, 0.4) is 0 Å². The van der Waals surface area contributed by atoms with Crippen LogP contribution in [0.1, 0.15) is 21.5 Å². The van der Waals surface area contributed by atoms with Crippen molar-refractivity contribution >= 4 is 11.9 Å². The summed E-state index contributed by atoms with van der Waals surface area (Å²) < 4.78 is 9.89. The number of methoxy groups -OCH3 is 2. The lowest BCUT2D eigenvalue weighted by Gasteiger charge is -2.34. The predicted octanol–water partition coefficient (Wildman–Crippen LogP) is 1.92. The zero-order chi connectivity index (χ0) is 21.3. The van der Waals surface area contributed by atoms with Crippen LogP contribution >= 0.6 is 0 Å². The van der Waals surface area contributed by atoms with Gasteiger partial charge in [0.1, 0.15) is 5.75 Å². The molecule has 7 heteroatoms. The summed E-state index contributed by atoms with van der Waals surface area (Å²) in [4.78, 5) is 28.3.